The van der Waals surface area contributed by atoms with Gasteiger partial charge in [-0.25, -0.2) is 14.0 Å². The van der Waals surface area contributed by atoms with Gasteiger partial charge in [-0.1, -0.05) is 13.3 Å². The molecular weight excluding hydrogens is 275 g/mol. The van der Waals surface area contributed by atoms with Gasteiger partial charge in [-0.3, -0.25) is 0 Å². The van der Waals surface area contributed by atoms with Crippen LogP contribution < -0.4 is 10.6 Å². The lowest BCUT2D eigenvalue weighted by Crippen LogP contribution is -2.43. The standard InChI is InChI=1S/C15H19FN2O3/c1-2-15(6-3-7-15)9-17-14(21)18-12-5-4-10(13(19)20)8-11(12)16/h4-5,8H,2-3,6-7,9H2,1H3,(H,19,20)(H2,17,18,21). The Morgan fingerprint density at radius 1 is 1.38 bits per heavy atom. The number of benzene rings is 1. The highest BCUT2D eigenvalue weighted by Crippen LogP contribution is 2.43. The monoisotopic (exact) mass is 294 g/mol. The number of anilines is 1. The van der Waals surface area contributed by atoms with Crippen molar-refractivity contribution in [3.05, 3.63) is 29.6 Å². The third-order valence-electron chi connectivity index (χ3n) is 4.25. The van der Waals surface area contributed by atoms with Gasteiger partial charge in [0.2, 0.25) is 0 Å². The minimum Gasteiger partial charge on any atom is -0.478 e. The van der Waals surface area contributed by atoms with Gasteiger partial charge in [0, 0.05) is 6.54 Å². The average molecular weight is 294 g/mol. The molecule has 0 aromatic heterocycles. The molecule has 0 aliphatic heterocycles. The van der Waals surface area contributed by atoms with E-state index in [2.05, 4.69) is 17.6 Å². The second kappa shape index (κ2) is 6.11. The fourth-order valence-corrected chi connectivity index (χ4v) is 2.52. The number of carbonyl (C=O) groups is 2. The zero-order valence-corrected chi connectivity index (χ0v) is 11.9. The second-order valence-corrected chi connectivity index (χ2v) is 5.51. The molecule has 1 saturated carbocycles. The summed E-state index contributed by atoms with van der Waals surface area (Å²) < 4.78 is 13.7. The van der Waals surface area contributed by atoms with Gasteiger partial charge in [0.25, 0.3) is 0 Å². The molecule has 3 N–H and O–H groups in total. The van der Waals surface area contributed by atoms with Gasteiger partial charge in [0.05, 0.1) is 11.3 Å². The molecule has 0 heterocycles. The van der Waals surface area contributed by atoms with Gasteiger partial charge in [-0.2, -0.15) is 0 Å². The highest BCUT2D eigenvalue weighted by molar-refractivity contribution is 5.91. The summed E-state index contributed by atoms with van der Waals surface area (Å²) in [5.41, 5.74) is -0.00205. The Morgan fingerprint density at radius 2 is 2.10 bits per heavy atom. The van der Waals surface area contributed by atoms with Gasteiger partial charge in [0.1, 0.15) is 5.82 Å². The number of rotatable bonds is 5. The number of carboxylic acid groups (broad SMARTS) is 1. The number of hydrogen-bond acceptors (Lipinski definition) is 2. The molecule has 0 radical (unpaired) electrons. The van der Waals surface area contributed by atoms with Crippen LogP contribution in [0.3, 0.4) is 0 Å². The van der Waals surface area contributed by atoms with E-state index in [9.17, 15) is 14.0 Å². The van der Waals surface area contributed by atoms with E-state index < -0.39 is 17.8 Å². The first kappa shape index (κ1) is 15.3. The Labute approximate surface area is 122 Å². The molecule has 21 heavy (non-hydrogen) atoms. The summed E-state index contributed by atoms with van der Waals surface area (Å²) in [6.07, 6.45) is 4.40. The number of carboxylic acids is 1. The summed E-state index contributed by atoms with van der Waals surface area (Å²) in [5, 5.41) is 13.9. The summed E-state index contributed by atoms with van der Waals surface area (Å²) in [5.74, 6) is -1.97. The maximum absolute atomic E-state index is 13.7. The van der Waals surface area contributed by atoms with Crippen LogP contribution in [0.15, 0.2) is 18.2 Å². The largest absolute Gasteiger partial charge is 0.478 e. The normalized spacial score (nSPS) is 15.9. The van der Waals surface area contributed by atoms with Crippen LogP contribution in [0.2, 0.25) is 0 Å². The second-order valence-electron chi connectivity index (χ2n) is 5.51. The van der Waals surface area contributed by atoms with E-state index in [0.717, 1.165) is 25.3 Å². The number of nitrogens with one attached hydrogen (secondary N) is 2. The van der Waals surface area contributed by atoms with Gasteiger partial charge >= 0.3 is 12.0 Å². The Balaban J connectivity index is 1.92. The highest BCUT2D eigenvalue weighted by atomic mass is 19.1. The smallest absolute Gasteiger partial charge is 0.335 e. The average Bonchev–Trinajstić information content (AvgIpc) is 2.40. The summed E-state index contributed by atoms with van der Waals surface area (Å²) in [6.45, 7) is 2.67. The number of hydrogen-bond donors (Lipinski definition) is 3. The molecule has 0 saturated heterocycles. The van der Waals surface area contributed by atoms with Crippen molar-refractivity contribution < 1.29 is 19.1 Å². The minimum absolute atomic E-state index is 0.0309. The van der Waals surface area contributed by atoms with Gasteiger partial charge < -0.3 is 15.7 Å². The third-order valence-corrected chi connectivity index (χ3v) is 4.25. The lowest BCUT2D eigenvalue weighted by Gasteiger charge is -2.41. The van der Waals surface area contributed by atoms with E-state index in [1.54, 1.807) is 0 Å². The summed E-state index contributed by atoms with van der Waals surface area (Å²) >= 11 is 0. The number of carbonyl (C=O) groups excluding carboxylic acids is 1. The first-order valence-electron chi connectivity index (χ1n) is 7.03. The molecule has 114 valence electrons. The summed E-state index contributed by atoms with van der Waals surface area (Å²) in [4.78, 5) is 22.5. The molecule has 1 aliphatic rings. The molecule has 0 spiro atoms. The van der Waals surface area contributed by atoms with Crippen molar-refractivity contribution in [1.82, 2.24) is 5.32 Å². The molecule has 1 aliphatic carbocycles. The predicted octanol–water partition coefficient (Wildman–Crippen LogP) is 3.23. The van der Waals surface area contributed by atoms with Crippen LogP contribution in [0.25, 0.3) is 0 Å². The third kappa shape index (κ3) is 3.51. The Kier molecular flexibility index (Phi) is 4.45. The number of aromatic carboxylic acids is 1. The number of halogens is 1. The molecule has 2 rings (SSSR count). The van der Waals surface area contributed by atoms with Crippen LogP contribution in [0, 0.1) is 11.2 Å². The SMILES string of the molecule is CCC1(CNC(=O)Nc2ccc(C(=O)O)cc2F)CCC1. The topological polar surface area (TPSA) is 78.4 Å². The zero-order chi connectivity index (χ0) is 15.5. The minimum atomic E-state index is -1.21. The molecule has 1 fully saturated rings. The lowest BCUT2D eigenvalue weighted by atomic mass is 9.67. The van der Waals surface area contributed by atoms with Crippen LogP contribution in [-0.4, -0.2) is 23.7 Å². The Morgan fingerprint density at radius 3 is 2.57 bits per heavy atom. The molecule has 1 aromatic carbocycles. The van der Waals surface area contributed by atoms with Crippen molar-refractivity contribution in [3.8, 4) is 0 Å². The van der Waals surface area contributed by atoms with Crippen LogP contribution >= 0.6 is 0 Å². The summed E-state index contributed by atoms with van der Waals surface area (Å²) in [6, 6.07) is 2.91. The quantitative estimate of drug-likeness (QED) is 0.780. The van der Waals surface area contributed by atoms with E-state index in [4.69, 9.17) is 5.11 Å². The maximum Gasteiger partial charge on any atom is 0.335 e. The van der Waals surface area contributed by atoms with E-state index in [1.165, 1.54) is 18.6 Å². The van der Waals surface area contributed by atoms with Crippen molar-refractivity contribution in [2.45, 2.75) is 32.6 Å². The van der Waals surface area contributed by atoms with Gasteiger partial charge in [-0.15, -0.1) is 0 Å². The van der Waals surface area contributed by atoms with E-state index >= 15 is 0 Å². The van der Waals surface area contributed by atoms with Crippen LogP contribution in [0.5, 0.6) is 0 Å². The van der Waals surface area contributed by atoms with Crippen molar-refractivity contribution >= 4 is 17.7 Å². The Bertz CT molecular complexity index is 550. The van der Waals surface area contributed by atoms with Crippen LogP contribution in [0.1, 0.15) is 43.0 Å². The lowest BCUT2D eigenvalue weighted by molar-refractivity contribution is 0.0696. The number of urea groups is 1. The molecule has 1 aromatic rings. The fraction of sp³-hybridized carbons (Fsp3) is 0.467. The first-order chi connectivity index (χ1) is 9.96. The zero-order valence-electron chi connectivity index (χ0n) is 11.9. The molecule has 0 unspecified atom stereocenters. The van der Waals surface area contributed by atoms with Gasteiger partial charge in [-0.05, 0) is 42.9 Å². The van der Waals surface area contributed by atoms with Gasteiger partial charge in [0.15, 0.2) is 0 Å². The van der Waals surface area contributed by atoms with Crippen molar-refractivity contribution in [1.29, 1.82) is 0 Å². The molecule has 6 heteroatoms. The van der Waals surface area contributed by atoms with Crippen LogP contribution in [0.4, 0.5) is 14.9 Å². The predicted molar refractivity (Wildman–Crippen MR) is 77.0 cm³/mol. The van der Waals surface area contributed by atoms with E-state index in [0.29, 0.717) is 6.54 Å². The van der Waals surface area contributed by atoms with Crippen molar-refractivity contribution in [2.24, 2.45) is 5.41 Å². The van der Waals surface area contributed by atoms with Crippen molar-refractivity contribution in [3.63, 3.8) is 0 Å². The summed E-state index contributed by atoms with van der Waals surface area (Å²) in [7, 11) is 0. The molecule has 5 nitrogen and oxygen atoms in total. The fourth-order valence-electron chi connectivity index (χ4n) is 2.52. The molecule has 2 amide bonds. The maximum atomic E-state index is 13.7. The first-order valence-corrected chi connectivity index (χ1v) is 7.03. The molecule has 0 atom stereocenters. The number of amides is 2. The highest BCUT2D eigenvalue weighted by Gasteiger charge is 2.35. The molecular formula is C15H19FN2O3. The Hall–Kier alpha value is -2.11. The van der Waals surface area contributed by atoms with Crippen molar-refractivity contribution in [2.75, 3.05) is 11.9 Å². The van der Waals surface area contributed by atoms with Crippen LogP contribution in [-0.2, 0) is 0 Å². The van der Waals surface area contributed by atoms with E-state index in [-0.39, 0.29) is 16.7 Å². The molecule has 0 bridgehead atoms. The van der Waals surface area contributed by atoms with E-state index in [1.807, 2.05) is 0 Å².